The Hall–Kier alpha value is -1.83. The number of hydrogen-bond donors (Lipinski definition) is 1. The number of nitrogens with one attached hydrogen (secondary N) is 1. The number of benzene rings is 1. The number of aryl methyl sites for hydroxylation is 1. The van der Waals surface area contributed by atoms with Crippen LogP contribution >= 0.6 is 0 Å². The van der Waals surface area contributed by atoms with Crippen molar-refractivity contribution in [2.24, 2.45) is 5.92 Å². The number of para-hydroxylation sites is 1. The summed E-state index contributed by atoms with van der Waals surface area (Å²) >= 11 is 0. The van der Waals surface area contributed by atoms with Gasteiger partial charge in [0.05, 0.1) is 6.04 Å². The Kier molecular flexibility index (Phi) is 4.78. The van der Waals surface area contributed by atoms with E-state index in [1.807, 2.05) is 12.2 Å². The highest BCUT2D eigenvalue weighted by Crippen LogP contribution is 2.31. The summed E-state index contributed by atoms with van der Waals surface area (Å²) in [4.78, 5) is 2.23. The maximum Gasteiger partial charge on any atom is 0.0867 e. The minimum absolute atomic E-state index is 0.0265. The molecule has 0 saturated carbocycles. The fourth-order valence-corrected chi connectivity index (χ4v) is 2.74. The summed E-state index contributed by atoms with van der Waals surface area (Å²) in [5, 5.41) is 7.66. The first-order valence-electron chi connectivity index (χ1n) is 7.42. The van der Waals surface area contributed by atoms with Crippen LogP contribution in [-0.4, -0.2) is 12.3 Å². The molecule has 0 spiro atoms. The van der Waals surface area contributed by atoms with Gasteiger partial charge >= 0.3 is 0 Å². The summed E-state index contributed by atoms with van der Waals surface area (Å²) in [6.45, 7) is 6.70. The summed E-state index contributed by atoms with van der Waals surface area (Å²) in [7, 11) is 0. The normalized spacial score (nSPS) is 17.8. The Morgan fingerprint density at radius 1 is 1.25 bits per heavy atom. The fourth-order valence-electron chi connectivity index (χ4n) is 2.74. The standard InChI is InChI=1S/C18H24N2/c1-4-15-8-7-9-16(12-14(2)3)18(15)20-11-6-5-10-17(20)13-19/h5-11,13-14,17,19H,4,12H2,1-3H3. The zero-order chi connectivity index (χ0) is 14.5. The average Bonchev–Trinajstić information content (AvgIpc) is 2.46. The maximum atomic E-state index is 7.66. The molecule has 106 valence electrons. The molecule has 0 fully saturated rings. The average molecular weight is 268 g/mol. The predicted molar refractivity (Wildman–Crippen MR) is 87.7 cm³/mol. The molecule has 1 aromatic carbocycles. The van der Waals surface area contributed by atoms with Crippen LogP contribution in [0.4, 0.5) is 5.69 Å². The highest BCUT2D eigenvalue weighted by molar-refractivity contribution is 5.76. The van der Waals surface area contributed by atoms with Gasteiger partial charge in [-0.15, -0.1) is 0 Å². The quantitative estimate of drug-likeness (QED) is 0.789. The predicted octanol–water partition coefficient (Wildman–Crippen LogP) is 4.36. The van der Waals surface area contributed by atoms with Crippen molar-refractivity contribution in [2.45, 2.75) is 39.7 Å². The smallest absolute Gasteiger partial charge is 0.0867 e. The van der Waals surface area contributed by atoms with Crippen molar-refractivity contribution in [1.82, 2.24) is 0 Å². The molecule has 1 heterocycles. The Morgan fingerprint density at radius 3 is 2.65 bits per heavy atom. The SMILES string of the molecule is CCc1cccc(CC(C)C)c1N1C=CC=CC1C=N. The number of nitrogens with zero attached hydrogens (tertiary/aromatic N) is 1. The zero-order valence-electron chi connectivity index (χ0n) is 12.6. The van der Waals surface area contributed by atoms with Crippen molar-refractivity contribution < 1.29 is 0 Å². The first-order chi connectivity index (χ1) is 9.67. The van der Waals surface area contributed by atoms with Gasteiger partial charge in [0.15, 0.2) is 0 Å². The van der Waals surface area contributed by atoms with Crippen LogP contribution in [0.15, 0.2) is 42.6 Å². The molecule has 1 aliphatic rings. The third-order valence-electron chi connectivity index (χ3n) is 3.63. The number of allylic oxidation sites excluding steroid dienone is 2. The highest BCUT2D eigenvalue weighted by Gasteiger charge is 2.20. The molecule has 1 aromatic rings. The molecule has 2 heteroatoms. The van der Waals surface area contributed by atoms with E-state index in [-0.39, 0.29) is 6.04 Å². The van der Waals surface area contributed by atoms with Gasteiger partial charge in [-0.2, -0.15) is 0 Å². The van der Waals surface area contributed by atoms with Gasteiger partial charge in [-0.25, -0.2) is 0 Å². The van der Waals surface area contributed by atoms with Crippen LogP contribution < -0.4 is 4.90 Å². The van der Waals surface area contributed by atoms with E-state index < -0.39 is 0 Å². The van der Waals surface area contributed by atoms with E-state index in [9.17, 15) is 0 Å². The van der Waals surface area contributed by atoms with Crippen molar-refractivity contribution in [2.75, 3.05) is 4.90 Å². The lowest BCUT2D eigenvalue weighted by Gasteiger charge is -2.32. The van der Waals surface area contributed by atoms with Gasteiger partial charge in [-0.05, 0) is 36.0 Å². The summed E-state index contributed by atoms with van der Waals surface area (Å²) in [6, 6.07) is 6.61. The van der Waals surface area contributed by atoms with Crippen molar-refractivity contribution in [3.8, 4) is 0 Å². The summed E-state index contributed by atoms with van der Waals surface area (Å²) in [5.41, 5.74) is 4.03. The molecule has 1 aliphatic heterocycles. The van der Waals surface area contributed by atoms with Crippen molar-refractivity contribution >= 4 is 11.9 Å². The molecule has 1 N–H and O–H groups in total. The lowest BCUT2D eigenvalue weighted by atomic mass is 9.95. The number of anilines is 1. The molecule has 2 rings (SSSR count). The fraction of sp³-hybridized carbons (Fsp3) is 0.389. The van der Waals surface area contributed by atoms with Crippen LogP contribution in [0.1, 0.15) is 31.9 Å². The molecule has 0 amide bonds. The molecule has 0 bridgehead atoms. The van der Waals surface area contributed by atoms with Crippen LogP contribution in [0, 0.1) is 11.3 Å². The molecule has 1 atom stereocenters. The highest BCUT2D eigenvalue weighted by atomic mass is 15.1. The molecular weight excluding hydrogens is 244 g/mol. The molecule has 0 radical (unpaired) electrons. The molecule has 2 nitrogen and oxygen atoms in total. The Labute approximate surface area is 122 Å². The van der Waals surface area contributed by atoms with Gasteiger partial charge in [0.2, 0.25) is 0 Å². The van der Waals surface area contributed by atoms with Gasteiger partial charge in [0, 0.05) is 18.1 Å². The second-order valence-electron chi connectivity index (χ2n) is 5.67. The van der Waals surface area contributed by atoms with E-state index in [2.05, 4.69) is 56.1 Å². The number of hydrogen-bond acceptors (Lipinski definition) is 2. The van der Waals surface area contributed by atoms with E-state index in [1.54, 1.807) is 0 Å². The van der Waals surface area contributed by atoms with Crippen LogP contribution in [0.3, 0.4) is 0 Å². The lowest BCUT2D eigenvalue weighted by Crippen LogP contribution is -2.33. The molecule has 20 heavy (non-hydrogen) atoms. The molecular formula is C18H24N2. The first kappa shape index (κ1) is 14.6. The van der Waals surface area contributed by atoms with Crippen molar-refractivity contribution in [1.29, 1.82) is 5.41 Å². The molecule has 0 aliphatic carbocycles. The summed E-state index contributed by atoms with van der Waals surface area (Å²) < 4.78 is 0. The lowest BCUT2D eigenvalue weighted by molar-refractivity contribution is 0.645. The minimum atomic E-state index is 0.0265. The van der Waals surface area contributed by atoms with Crippen LogP contribution in [-0.2, 0) is 12.8 Å². The maximum absolute atomic E-state index is 7.66. The van der Waals surface area contributed by atoms with Crippen LogP contribution in [0.5, 0.6) is 0 Å². The molecule has 0 saturated heterocycles. The van der Waals surface area contributed by atoms with E-state index >= 15 is 0 Å². The van der Waals surface area contributed by atoms with E-state index in [0.29, 0.717) is 5.92 Å². The Bertz CT molecular complexity index is 526. The van der Waals surface area contributed by atoms with Crippen molar-refractivity contribution in [3.05, 3.63) is 53.8 Å². The summed E-state index contributed by atoms with van der Waals surface area (Å²) in [5.74, 6) is 0.628. The van der Waals surface area contributed by atoms with E-state index in [1.165, 1.54) is 23.0 Å². The van der Waals surface area contributed by atoms with Gasteiger partial charge in [-0.3, -0.25) is 0 Å². The second kappa shape index (κ2) is 6.56. The minimum Gasteiger partial charge on any atom is -0.336 e. The number of rotatable bonds is 5. The first-order valence-corrected chi connectivity index (χ1v) is 7.42. The molecule has 1 unspecified atom stereocenters. The largest absolute Gasteiger partial charge is 0.336 e. The van der Waals surface area contributed by atoms with Gasteiger partial charge < -0.3 is 10.3 Å². The van der Waals surface area contributed by atoms with E-state index in [4.69, 9.17) is 5.41 Å². The van der Waals surface area contributed by atoms with Gasteiger partial charge in [-0.1, -0.05) is 51.1 Å². The van der Waals surface area contributed by atoms with E-state index in [0.717, 1.165) is 12.8 Å². The second-order valence-corrected chi connectivity index (χ2v) is 5.67. The monoisotopic (exact) mass is 268 g/mol. The van der Waals surface area contributed by atoms with Gasteiger partial charge in [0.1, 0.15) is 0 Å². The zero-order valence-corrected chi connectivity index (χ0v) is 12.6. The topological polar surface area (TPSA) is 27.1 Å². The van der Waals surface area contributed by atoms with Crippen molar-refractivity contribution in [3.63, 3.8) is 0 Å². The third kappa shape index (κ3) is 3.01. The Morgan fingerprint density at radius 2 is 2.00 bits per heavy atom. The molecule has 0 aromatic heterocycles. The van der Waals surface area contributed by atoms with Crippen LogP contribution in [0.25, 0.3) is 0 Å². The van der Waals surface area contributed by atoms with Gasteiger partial charge in [0.25, 0.3) is 0 Å². The third-order valence-corrected chi connectivity index (χ3v) is 3.63. The Balaban J connectivity index is 2.49. The summed E-state index contributed by atoms with van der Waals surface area (Å²) in [6.07, 6.45) is 11.8. The van der Waals surface area contributed by atoms with Crippen LogP contribution in [0.2, 0.25) is 0 Å².